The minimum Gasteiger partial charge on any atom is -0.466 e. The molecule has 0 aromatic heterocycles. The number of carbonyl (C=O) groups is 1. The topological polar surface area (TPSA) is 26.3 Å². The van der Waals surface area contributed by atoms with E-state index in [9.17, 15) is 4.79 Å². The summed E-state index contributed by atoms with van der Waals surface area (Å²) in [5, 5.41) is 0. The Morgan fingerprint density at radius 3 is 2.90 bits per heavy atom. The van der Waals surface area contributed by atoms with Crippen molar-refractivity contribution in [1.82, 2.24) is 0 Å². The Kier molecular flexibility index (Phi) is 5.56. The van der Waals surface area contributed by atoms with Gasteiger partial charge in [0.1, 0.15) is 0 Å². The normalized spacial score (nSPS) is 8.40. The van der Waals surface area contributed by atoms with Gasteiger partial charge in [0, 0.05) is 12.8 Å². The van der Waals surface area contributed by atoms with Crippen LogP contribution in [0.5, 0.6) is 0 Å². The van der Waals surface area contributed by atoms with Gasteiger partial charge >= 0.3 is 5.97 Å². The number of ether oxygens (including phenoxy) is 1. The lowest BCUT2D eigenvalue weighted by molar-refractivity contribution is -0.143. The fourth-order valence-electron chi connectivity index (χ4n) is 0.554. The highest BCUT2D eigenvalue weighted by molar-refractivity contribution is 5.69. The van der Waals surface area contributed by atoms with Crippen LogP contribution in [0.25, 0.3) is 0 Å². The zero-order valence-electron chi connectivity index (χ0n) is 6.14. The number of rotatable bonds is 4. The molecular weight excluding hydrogens is 128 g/mol. The second-order valence-electron chi connectivity index (χ2n) is 1.84. The van der Waals surface area contributed by atoms with Crippen LogP contribution in [0.3, 0.4) is 0 Å². The van der Waals surface area contributed by atoms with E-state index in [2.05, 4.69) is 10.7 Å². The van der Waals surface area contributed by atoms with Crippen LogP contribution < -0.4 is 0 Å². The van der Waals surface area contributed by atoms with Gasteiger partial charge in [0.15, 0.2) is 0 Å². The molecule has 0 aromatic rings. The molecule has 0 fully saturated rings. The molecule has 0 N–H and O–H groups in total. The number of esters is 1. The lowest BCUT2D eigenvalue weighted by atomic mass is 10.2. The molecule has 0 aliphatic carbocycles. The Morgan fingerprint density at radius 2 is 2.40 bits per heavy atom. The molecule has 0 aromatic carbocycles. The third-order valence-corrected chi connectivity index (χ3v) is 0.988. The van der Waals surface area contributed by atoms with Crippen molar-refractivity contribution in [3.8, 4) is 5.92 Å². The predicted octanol–water partition coefficient (Wildman–Crippen LogP) is 1.31. The van der Waals surface area contributed by atoms with Crippen molar-refractivity contribution < 1.29 is 9.53 Å². The highest BCUT2D eigenvalue weighted by Gasteiger charge is 1.98. The van der Waals surface area contributed by atoms with Gasteiger partial charge in [0.25, 0.3) is 0 Å². The Bertz CT molecular complexity index is 133. The Hall–Kier alpha value is -0.970. The first-order valence-corrected chi connectivity index (χ1v) is 3.36. The molecule has 0 atom stereocenters. The van der Waals surface area contributed by atoms with E-state index in [1.54, 1.807) is 6.92 Å². The monoisotopic (exact) mass is 139 g/mol. The zero-order valence-corrected chi connectivity index (χ0v) is 6.14. The summed E-state index contributed by atoms with van der Waals surface area (Å²) in [6.07, 6.45) is 8.16. The second kappa shape index (κ2) is 6.15. The second-order valence-corrected chi connectivity index (χ2v) is 1.84. The molecule has 2 nitrogen and oxygen atoms in total. The number of hydrogen-bond donors (Lipinski definition) is 0. The van der Waals surface area contributed by atoms with Gasteiger partial charge in [-0.15, -0.1) is 0 Å². The van der Waals surface area contributed by atoms with Gasteiger partial charge in [-0.3, -0.25) is 4.79 Å². The Balaban J connectivity index is 3.15. The molecule has 0 saturated carbocycles. The summed E-state index contributed by atoms with van der Waals surface area (Å²) in [5.41, 5.74) is 0. The van der Waals surface area contributed by atoms with Crippen molar-refractivity contribution in [2.45, 2.75) is 26.2 Å². The largest absolute Gasteiger partial charge is 0.466 e. The quantitative estimate of drug-likeness (QED) is 0.333. The SMILES string of the molecule is [C]#CCCCC(=O)OCC. The van der Waals surface area contributed by atoms with Crippen LogP contribution in [0.15, 0.2) is 0 Å². The summed E-state index contributed by atoms with van der Waals surface area (Å²) >= 11 is 0. The van der Waals surface area contributed by atoms with Crippen LogP contribution in [-0.2, 0) is 9.53 Å². The van der Waals surface area contributed by atoms with E-state index in [0.29, 0.717) is 25.9 Å². The summed E-state index contributed by atoms with van der Waals surface area (Å²) in [6, 6.07) is 0. The van der Waals surface area contributed by atoms with E-state index < -0.39 is 0 Å². The van der Waals surface area contributed by atoms with Gasteiger partial charge in [-0.1, -0.05) is 5.92 Å². The lowest BCUT2D eigenvalue weighted by Gasteiger charge is -1.97. The van der Waals surface area contributed by atoms with E-state index in [1.165, 1.54) is 0 Å². The average Bonchev–Trinajstić information content (AvgIpc) is 1.89. The first-order valence-electron chi connectivity index (χ1n) is 3.36. The molecule has 0 bridgehead atoms. The molecule has 1 radical (unpaired) electrons. The first kappa shape index (κ1) is 9.03. The van der Waals surface area contributed by atoms with Crippen LogP contribution in [0, 0.1) is 12.3 Å². The third-order valence-electron chi connectivity index (χ3n) is 0.988. The molecule has 0 aliphatic heterocycles. The molecule has 0 amide bonds. The molecule has 0 spiro atoms. The molecule has 55 valence electrons. The Morgan fingerprint density at radius 1 is 1.70 bits per heavy atom. The lowest BCUT2D eigenvalue weighted by Crippen LogP contribution is -2.02. The highest BCUT2D eigenvalue weighted by Crippen LogP contribution is 1.95. The summed E-state index contributed by atoms with van der Waals surface area (Å²) in [7, 11) is 0. The fourth-order valence-corrected chi connectivity index (χ4v) is 0.554. The highest BCUT2D eigenvalue weighted by atomic mass is 16.5. The van der Waals surface area contributed by atoms with Crippen LogP contribution in [-0.4, -0.2) is 12.6 Å². The van der Waals surface area contributed by atoms with Crippen molar-refractivity contribution in [3.05, 3.63) is 6.42 Å². The number of carbonyl (C=O) groups excluding carboxylic acids is 1. The van der Waals surface area contributed by atoms with Crippen molar-refractivity contribution in [1.29, 1.82) is 0 Å². The van der Waals surface area contributed by atoms with Gasteiger partial charge < -0.3 is 4.74 Å². The standard InChI is InChI=1S/C8H11O2/c1-3-5-6-7-8(9)10-4-2/h4-7H2,2H3. The molecule has 0 rings (SSSR count). The molecule has 0 saturated heterocycles. The summed E-state index contributed by atoms with van der Waals surface area (Å²) < 4.78 is 4.66. The van der Waals surface area contributed by atoms with Gasteiger partial charge in [0.2, 0.25) is 0 Å². The average molecular weight is 139 g/mol. The van der Waals surface area contributed by atoms with E-state index in [0.717, 1.165) is 0 Å². The Labute approximate surface area is 61.6 Å². The van der Waals surface area contributed by atoms with Crippen LogP contribution >= 0.6 is 0 Å². The summed E-state index contributed by atoms with van der Waals surface area (Å²) in [6.45, 7) is 2.22. The van der Waals surface area contributed by atoms with Gasteiger partial charge in [0.05, 0.1) is 6.61 Å². The summed E-state index contributed by atoms with van der Waals surface area (Å²) in [4.78, 5) is 10.6. The van der Waals surface area contributed by atoms with Gasteiger partial charge in [-0.2, -0.15) is 0 Å². The number of hydrogen-bond acceptors (Lipinski definition) is 2. The van der Waals surface area contributed by atoms with E-state index in [1.807, 2.05) is 0 Å². The van der Waals surface area contributed by atoms with Crippen molar-refractivity contribution in [3.63, 3.8) is 0 Å². The van der Waals surface area contributed by atoms with E-state index in [4.69, 9.17) is 6.42 Å². The van der Waals surface area contributed by atoms with E-state index in [-0.39, 0.29) is 5.97 Å². The minimum absolute atomic E-state index is 0.183. The van der Waals surface area contributed by atoms with Crippen molar-refractivity contribution >= 4 is 5.97 Å². The van der Waals surface area contributed by atoms with Crippen LogP contribution in [0.1, 0.15) is 26.2 Å². The molecule has 0 aliphatic rings. The number of unbranched alkanes of at least 4 members (excludes halogenated alkanes) is 1. The van der Waals surface area contributed by atoms with Crippen LogP contribution in [0.2, 0.25) is 0 Å². The maximum absolute atomic E-state index is 10.6. The zero-order chi connectivity index (χ0) is 7.82. The van der Waals surface area contributed by atoms with Gasteiger partial charge in [-0.25, -0.2) is 0 Å². The van der Waals surface area contributed by atoms with Crippen molar-refractivity contribution in [2.24, 2.45) is 0 Å². The minimum atomic E-state index is -0.183. The van der Waals surface area contributed by atoms with Crippen molar-refractivity contribution in [2.75, 3.05) is 6.61 Å². The molecule has 0 heterocycles. The fraction of sp³-hybridized carbons (Fsp3) is 0.625. The third kappa shape index (κ3) is 5.17. The van der Waals surface area contributed by atoms with Crippen LogP contribution in [0.4, 0.5) is 0 Å². The van der Waals surface area contributed by atoms with E-state index >= 15 is 0 Å². The first-order chi connectivity index (χ1) is 4.81. The summed E-state index contributed by atoms with van der Waals surface area (Å²) in [5.74, 6) is 2.02. The smallest absolute Gasteiger partial charge is 0.305 e. The molecule has 2 heteroatoms. The maximum Gasteiger partial charge on any atom is 0.305 e. The maximum atomic E-state index is 10.6. The molecule has 0 unspecified atom stereocenters. The van der Waals surface area contributed by atoms with Gasteiger partial charge in [-0.05, 0) is 19.8 Å². The molecule has 10 heavy (non-hydrogen) atoms. The molecular formula is C8H11O2. The predicted molar refractivity (Wildman–Crippen MR) is 37.6 cm³/mol.